The van der Waals surface area contributed by atoms with E-state index in [2.05, 4.69) is 45.2 Å². The van der Waals surface area contributed by atoms with Crippen molar-refractivity contribution in [2.45, 2.75) is 32.7 Å². The molecule has 128 valence electrons. The maximum absolute atomic E-state index is 5.36. The Bertz CT molecular complexity index is 679. The first-order valence-corrected chi connectivity index (χ1v) is 8.73. The Hall–Kier alpha value is -2.14. The van der Waals surface area contributed by atoms with Crippen LogP contribution in [0.3, 0.4) is 0 Å². The number of hydrogen-bond donors (Lipinski definition) is 1. The van der Waals surface area contributed by atoms with Crippen LogP contribution in [0.5, 0.6) is 5.75 Å². The van der Waals surface area contributed by atoms with Gasteiger partial charge in [0.15, 0.2) is 0 Å². The van der Waals surface area contributed by atoms with Gasteiger partial charge in [-0.05, 0) is 24.9 Å². The van der Waals surface area contributed by atoms with Crippen molar-refractivity contribution in [1.82, 2.24) is 20.1 Å². The maximum atomic E-state index is 5.36. The van der Waals surface area contributed by atoms with Gasteiger partial charge in [0, 0.05) is 31.5 Å². The van der Waals surface area contributed by atoms with E-state index in [4.69, 9.17) is 4.74 Å². The average Bonchev–Trinajstić information content (AvgIpc) is 3.04. The van der Waals surface area contributed by atoms with Crippen LogP contribution in [0.2, 0.25) is 0 Å². The van der Waals surface area contributed by atoms with Gasteiger partial charge in [-0.2, -0.15) is 0 Å². The van der Waals surface area contributed by atoms with Crippen LogP contribution in [0, 0.1) is 5.92 Å². The number of ether oxygens (including phenoxy) is 1. The molecule has 0 unspecified atom stereocenters. The smallest absolute Gasteiger partial charge is 0.133 e. The number of nitrogens with one attached hydrogen (secondary N) is 1. The van der Waals surface area contributed by atoms with Crippen LogP contribution in [0.15, 0.2) is 30.3 Å². The summed E-state index contributed by atoms with van der Waals surface area (Å²) < 4.78 is 7.66. The van der Waals surface area contributed by atoms with Gasteiger partial charge in [-0.15, -0.1) is 10.2 Å². The molecule has 2 aromatic rings. The molecule has 1 aliphatic rings. The zero-order valence-corrected chi connectivity index (χ0v) is 14.5. The molecule has 1 N–H and O–H groups in total. The second-order valence-corrected chi connectivity index (χ2v) is 6.20. The largest absolute Gasteiger partial charge is 0.496 e. The highest BCUT2D eigenvalue weighted by atomic mass is 16.5. The quantitative estimate of drug-likeness (QED) is 0.795. The lowest BCUT2D eigenvalue weighted by molar-refractivity contribution is 0.347. The second kappa shape index (κ2) is 8.11. The van der Waals surface area contributed by atoms with E-state index in [1.807, 2.05) is 18.2 Å². The summed E-state index contributed by atoms with van der Waals surface area (Å²) in [4.78, 5) is 0. The molecule has 0 bridgehead atoms. The molecule has 0 fully saturated rings. The van der Waals surface area contributed by atoms with Crippen molar-refractivity contribution in [3.8, 4) is 5.75 Å². The van der Waals surface area contributed by atoms with Gasteiger partial charge in [-0.1, -0.05) is 37.3 Å². The summed E-state index contributed by atoms with van der Waals surface area (Å²) in [7, 11) is 1.71. The van der Waals surface area contributed by atoms with Gasteiger partial charge >= 0.3 is 0 Å². The standard InChI is InChI=1S/C19H26N4O/c1-3-18-21-22-19-11-10-15(14-23(18)19)13-20-12-6-8-16-7-4-5-9-17(16)24-2/h4-9,15,20H,3,10-14H2,1-2H3/b8-6+/t15-/m0/s1. The predicted octanol–water partition coefficient (Wildman–Crippen LogP) is 2.71. The topological polar surface area (TPSA) is 52.0 Å². The van der Waals surface area contributed by atoms with E-state index in [0.717, 1.165) is 55.4 Å². The molecule has 0 aliphatic carbocycles. The van der Waals surface area contributed by atoms with Gasteiger partial charge < -0.3 is 14.6 Å². The van der Waals surface area contributed by atoms with E-state index in [1.54, 1.807) is 7.11 Å². The molecule has 0 spiro atoms. The highest BCUT2D eigenvalue weighted by Crippen LogP contribution is 2.20. The number of hydrogen-bond acceptors (Lipinski definition) is 4. The lowest BCUT2D eigenvalue weighted by Crippen LogP contribution is -2.30. The fraction of sp³-hybridized carbons (Fsp3) is 0.474. The van der Waals surface area contributed by atoms with Gasteiger partial charge in [-0.25, -0.2) is 0 Å². The van der Waals surface area contributed by atoms with E-state index in [-0.39, 0.29) is 0 Å². The molecule has 0 amide bonds. The highest BCUT2D eigenvalue weighted by molar-refractivity contribution is 5.57. The predicted molar refractivity (Wildman–Crippen MR) is 96.1 cm³/mol. The fourth-order valence-electron chi connectivity index (χ4n) is 3.24. The third-order valence-corrected chi connectivity index (χ3v) is 4.57. The van der Waals surface area contributed by atoms with Crippen molar-refractivity contribution < 1.29 is 4.74 Å². The zero-order chi connectivity index (χ0) is 16.8. The molecule has 5 heteroatoms. The first-order chi connectivity index (χ1) is 11.8. The molecule has 0 saturated heterocycles. The van der Waals surface area contributed by atoms with Crippen LogP contribution in [0.1, 0.15) is 30.6 Å². The number of para-hydroxylation sites is 1. The normalized spacial score (nSPS) is 17.2. The van der Waals surface area contributed by atoms with Crippen molar-refractivity contribution in [3.63, 3.8) is 0 Å². The van der Waals surface area contributed by atoms with Gasteiger partial charge in [-0.3, -0.25) is 0 Å². The Balaban J connectivity index is 1.46. The third kappa shape index (κ3) is 3.85. The Labute approximate surface area is 143 Å². The molecule has 2 heterocycles. The molecule has 1 aromatic heterocycles. The summed E-state index contributed by atoms with van der Waals surface area (Å²) in [5.41, 5.74) is 1.11. The number of methoxy groups -OCH3 is 1. The Morgan fingerprint density at radius 3 is 3.04 bits per heavy atom. The minimum Gasteiger partial charge on any atom is -0.496 e. The van der Waals surface area contributed by atoms with E-state index < -0.39 is 0 Å². The summed E-state index contributed by atoms with van der Waals surface area (Å²) in [6, 6.07) is 8.06. The number of benzene rings is 1. The van der Waals surface area contributed by atoms with Crippen molar-refractivity contribution in [3.05, 3.63) is 47.6 Å². The molecule has 1 aliphatic heterocycles. The van der Waals surface area contributed by atoms with Crippen molar-refractivity contribution in [2.75, 3.05) is 20.2 Å². The third-order valence-electron chi connectivity index (χ3n) is 4.57. The van der Waals surface area contributed by atoms with Crippen LogP contribution in [-0.2, 0) is 19.4 Å². The van der Waals surface area contributed by atoms with Crippen molar-refractivity contribution >= 4 is 6.08 Å². The van der Waals surface area contributed by atoms with Gasteiger partial charge in [0.1, 0.15) is 17.4 Å². The van der Waals surface area contributed by atoms with Gasteiger partial charge in [0.25, 0.3) is 0 Å². The van der Waals surface area contributed by atoms with Crippen molar-refractivity contribution in [2.24, 2.45) is 5.92 Å². The number of aryl methyl sites for hydroxylation is 2. The molecule has 24 heavy (non-hydrogen) atoms. The Morgan fingerprint density at radius 1 is 1.33 bits per heavy atom. The fourth-order valence-corrected chi connectivity index (χ4v) is 3.24. The Kier molecular flexibility index (Phi) is 5.64. The molecule has 0 radical (unpaired) electrons. The summed E-state index contributed by atoms with van der Waals surface area (Å²) in [5.74, 6) is 3.83. The summed E-state index contributed by atoms with van der Waals surface area (Å²) in [5, 5.41) is 12.1. The van der Waals surface area contributed by atoms with E-state index in [9.17, 15) is 0 Å². The molecule has 1 atom stereocenters. The molecule has 5 nitrogen and oxygen atoms in total. The van der Waals surface area contributed by atoms with Gasteiger partial charge in [0.2, 0.25) is 0 Å². The van der Waals surface area contributed by atoms with Crippen LogP contribution in [-0.4, -0.2) is 35.0 Å². The molecule has 3 rings (SSSR count). The maximum Gasteiger partial charge on any atom is 0.133 e. The molecule has 0 saturated carbocycles. The average molecular weight is 326 g/mol. The highest BCUT2D eigenvalue weighted by Gasteiger charge is 2.21. The van der Waals surface area contributed by atoms with Crippen molar-refractivity contribution in [1.29, 1.82) is 0 Å². The number of aromatic nitrogens is 3. The van der Waals surface area contributed by atoms with E-state index in [0.29, 0.717) is 5.92 Å². The van der Waals surface area contributed by atoms with E-state index >= 15 is 0 Å². The minimum atomic E-state index is 0.651. The molecular weight excluding hydrogens is 300 g/mol. The Morgan fingerprint density at radius 2 is 2.21 bits per heavy atom. The monoisotopic (exact) mass is 326 g/mol. The number of fused-ring (bicyclic) bond motifs is 1. The minimum absolute atomic E-state index is 0.651. The number of rotatable bonds is 7. The first-order valence-electron chi connectivity index (χ1n) is 8.73. The van der Waals surface area contributed by atoms with E-state index in [1.165, 1.54) is 6.42 Å². The van der Waals surface area contributed by atoms with Crippen LogP contribution >= 0.6 is 0 Å². The SMILES string of the molecule is CCc1nnc2n1C[C@H](CNC/C=C/c1ccccc1OC)CC2. The van der Waals surface area contributed by atoms with Gasteiger partial charge in [0.05, 0.1) is 7.11 Å². The summed E-state index contributed by atoms with van der Waals surface area (Å²) >= 11 is 0. The summed E-state index contributed by atoms with van der Waals surface area (Å²) in [6.07, 6.45) is 7.44. The van der Waals surface area contributed by atoms with Crippen LogP contribution in [0.4, 0.5) is 0 Å². The zero-order valence-electron chi connectivity index (χ0n) is 14.5. The number of nitrogens with zero attached hydrogens (tertiary/aromatic N) is 3. The lowest BCUT2D eigenvalue weighted by atomic mass is 9.99. The first kappa shape index (κ1) is 16.7. The summed E-state index contributed by atoms with van der Waals surface area (Å²) in [6.45, 7) is 5.07. The second-order valence-electron chi connectivity index (χ2n) is 6.20. The van der Waals surface area contributed by atoms with Crippen LogP contribution < -0.4 is 10.1 Å². The molecular formula is C19H26N4O. The lowest BCUT2D eigenvalue weighted by Gasteiger charge is -2.24. The van der Waals surface area contributed by atoms with Crippen LogP contribution in [0.25, 0.3) is 6.08 Å². The molecule has 1 aromatic carbocycles.